The number of hydrogen-bond acceptors (Lipinski definition) is 2. The molecule has 0 heterocycles. The van der Waals surface area contributed by atoms with Crippen molar-refractivity contribution >= 4 is 18.3 Å². The molecule has 3 nitrogen and oxygen atoms in total. The zero-order valence-corrected chi connectivity index (χ0v) is 13.8. The summed E-state index contributed by atoms with van der Waals surface area (Å²) >= 11 is 0. The van der Waals surface area contributed by atoms with Crippen LogP contribution in [0, 0.1) is 5.92 Å². The summed E-state index contributed by atoms with van der Waals surface area (Å²) in [5.74, 6) is 0.416. The number of carbonyl (C=O) groups is 1. The van der Waals surface area contributed by atoms with E-state index in [9.17, 15) is 4.79 Å². The van der Waals surface area contributed by atoms with Gasteiger partial charge in [-0.1, -0.05) is 37.3 Å². The molecule has 1 aromatic rings. The predicted octanol–water partition coefficient (Wildman–Crippen LogP) is 3.36. The highest BCUT2D eigenvalue weighted by molar-refractivity contribution is 5.85. The minimum Gasteiger partial charge on any atom is -0.335 e. The fourth-order valence-corrected chi connectivity index (χ4v) is 2.93. The van der Waals surface area contributed by atoms with Gasteiger partial charge in [-0.15, -0.1) is 12.4 Å². The molecular formula is C17H27ClN2O. The van der Waals surface area contributed by atoms with Crippen molar-refractivity contribution in [2.24, 2.45) is 11.7 Å². The maximum atomic E-state index is 12.8. The van der Waals surface area contributed by atoms with Gasteiger partial charge in [0.05, 0.1) is 0 Å². The Kier molecular flexibility index (Phi) is 7.20. The Balaban J connectivity index is 0.00000220. The summed E-state index contributed by atoms with van der Waals surface area (Å²) in [7, 11) is 0. The van der Waals surface area contributed by atoms with Gasteiger partial charge in [0.25, 0.3) is 0 Å². The van der Waals surface area contributed by atoms with Crippen molar-refractivity contribution in [1.29, 1.82) is 0 Å². The molecule has 0 radical (unpaired) electrons. The first-order valence-electron chi connectivity index (χ1n) is 7.71. The molecule has 4 heteroatoms. The first-order valence-corrected chi connectivity index (χ1v) is 7.71. The van der Waals surface area contributed by atoms with Crippen LogP contribution in [0.3, 0.4) is 0 Å². The molecule has 1 saturated carbocycles. The summed E-state index contributed by atoms with van der Waals surface area (Å²) < 4.78 is 0. The lowest BCUT2D eigenvalue weighted by molar-refractivity contribution is -0.138. The third-order valence-electron chi connectivity index (χ3n) is 4.42. The molecule has 0 spiro atoms. The van der Waals surface area contributed by atoms with Gasteiger partial charge in [-0.25, -0.2) is 0 Å². The van der Waals surface area contributed by atoms with E-state index < -0.39 is 0 Å². The molecule has 1 aromatic carbocycles. The zero-order valence-electron chi connectivity index (χ0n) is 13.0. The van der Waals surface area contributed by atoms with Gasteiger partial charge in [0, 0.05) is 24.5 Å². The van der Waals surface area contributed by atoms with Gasteiger partial charge in [0.1, 0.15) is 0 Å². The van der Waals surface area contributed by atoms with Crippen LogP contribution in [0.1, 0.15) is 45.1 Å². The summed E-state index contributed by atoms with van der Waals surface area (Å²) in [5, 5.41) is 0. The van der Waals surface area contributed by atoms with Crippen molar-refractivity contribution in [3.8, 4) is 0 Å². The summed E-state index contributed by atoms with van der Waals surface area (Å²) in [6.07, 6.45) is 3.76. The average molecular weight is 311 g/mol. The van der Waals surface area contributed by atoms with E-state index in [1.54, 1.807) is 0 Å². The van der Waals surface area contributed by atoms with Gasteiger partial charge >= 0.3 is 0 Å². The highest BCUT2D eigenvalue weighted by Crippen LogP contribution is 2.27. The molecule has 21 heavy (non-hydrogen) atoms. The predicted molar refractivity (Wildman–Crippen MR) is 89.3 cm³/mol. The number of benzene rings is 1. The molecule has 2 rings (SSSR count). The maximum Gasteiger partial charge on any atom is 0.226 e. The fourth-order valence-electron chi connectivity index (χ4n) is 2.93. The van der Waals surface area contributed by atoms with E-state index in [2.05, 4.69) is 26.0 Å². The van der Waals surface area contributed by atoms with Crippen molar-refractivity contribution in [2.75, 3.05) is 0 Å². The van der Waals surface area contributed by atoms with E-state index in [1.165, 1.54) is 5.56 Å². The van der Waals surface area contributed by atoms with Gasteiger partial charge in [-0.2, -0.15) is 0 Å². The molecule has 3 unspecified atom stereocenters. The number of nitrogens with two attached hydrogens (primary N) is 1. The van der Waals surface area contributed by atoms with E-state index >= 15 is 0 Å². The SMILES string of the molecule is CCC(C)N(Cc1ccccc1)C(=O)C1CCC(N)C1.Cl. The highest BCUT2D eigenvalue weighted by Gasteiger charge is 2.32. The lowest BCUT2D eigenvalue weighted by Gasteiger charge is -2.31. The Hall–Kier alpha value is -1.06. The maximum absolute atomic E-state index is 12.8. The summed E-state index contributed by atoms with van der Waals surface area (Å²) in [4.78, 5) is 14.8. The van der Waals surface area contributed by atoms with Crippen molar-refractivity contribution in [2.45, 2.75) is 58.2 Å². The van der Waals surface area contributed by atoms with E-state index in [0.717, 1.165) is 25.7 Å². The number of halogens is 1. The second kappa shape index (κ2) is 8.40. The first kappa shape index (κ1) is 18.0. The van der Waals surface area contributed by atoms with Gasteiger partial charge in [-0.3, -0.25) is 4.79 Å². The van der Waals surface area contributed by atoms with Crippen molar-refractivity contribution in [1.82, 2.24) is 4.90 Å². The molecule has 1 aliphatic carbocycles. The molecule has 0 aromatic heterocycles. The molecule has 0 aliphatic heterocycles. The fraction of sp³-hybridized carbons (Fsp3) is 0.588. The standard InChI is InChI=1S/C17H26N2O.ClH/c1-3-13(2)19(12-14-7-5-4-6-8-14)17(20)15-9-10-16(18)11-15;/h4-8,13,15-16H,3,9-12,18H2,1-2H3;1H. The Bertz CT molecular complexity index is 438. The first-order chi connectivity index (χ1) is 9.61. The minimum absolute atomic E-state index is 0. The van der Waals surface area contributed by atoms with Crippen LogP contribution in [0.5, 0.6) is 0 Å². The molecule has 118 valence electrons. The van der Waals surface area contributed by atoms with Crippen molar-refractivity contribution in [3.05, 3.63) is 35.9 Å². The number of hydrogen-bond donors (Lipinski definition) is 1. The van der Waals surface area contributed by atoms with E-state index in [1.807, 2.05) is 23.1 Å². The summed E-state index contributed by atoms with van der Waals surface area (Å²) in [6, 6.07) is 10.7. The van der Waals surface area contributed by atoms with Gasteiger partial charge in [0.2, 0.25) is 5.91 Å². The Labute approximate surface area is 134 Å². The lowest BCUT2D eigenvalue weighted by Crippen LogP contribution is -2.41. The topological polar surface area (TPSA) is 46.3 Å². The van der Waals surface area contributed by atoms with Crippen LogP contribution >= 0.6 is 12.4 Å². The molecule has 1 fully saturated rings. The second-order valence-electron chi connectivity index (χ2n) is 5.98. The summed E-state index contributed by atoms with van der Waals surface area (Å²) in [6.45, 7) is 4.98. The molecule has 1 amide bonds. The van der Waals surface area contributed by atoms with Crippen LogP contribution in [0.2, 0.25) is 0 Å². The van der Waals surface area contributed by atoms with Crippen LogP contribution in [0.15, 0.2) is 30.3 Å². The zero-order chi connectivity index (χ0) is 14.5. The number of nitrogens with zero attached hydrogens (tertiary/aromatic N) is 1. The Morgan fingerprint density at radius 1 is 1.33 bits per heavy atom. The normalized spacial score (nSPS) is 22.4. The monoisotopic (exact) mass is 310 g/mol. The molecule has 2 N–H and O–H groups in total. The molecule has 0 bridgehead atoms. The third kappa shape index (κ3) is 4.72. The lowest BCUT2D eigenvalue weighted by atomic mass is 10.0. The van der Waals surface area contributed by atoms with Crippen LogP contribution < -0.4 is 5.73 Å². The minimum atomic E-state index is 0. The van der Waals surface area contributed by atoms with E-state index in [-0.39, 0.29) is 36.3 Å². The Morgan fingerprint density at radius 3 is 2.52 bits per heavy atom. The number of rotatable bonds is 5. The number of amides is 1. The van der Waals surface area contributed by atoms with Gasteiger partial charge < -0.3 is 10.6 Å². The van der Waals surface area contributed by atoms with Gasteiger partial charge in [-0.05, 0) is 38.2 Å². The molecule has 0 saturated heterocycles. The van der Waals surface area contributed by atoms with Crippen LogP contribution in [-0.2, 0) is 11.3 Å². The molecular weight excluding hydrogens is 284 g/mol. The highest BCUT2D eigenvalue weighted by atomic mass is 35.5. The molecule has 1 aliphatic rings. The number of carbonyl (C=O) groups excluding carboxylic acids is 1. The molecule has 3 atom stereocenters. The van der Waals surface area contributed by atoms with Crippen molar-refractivity contribution in [3.63, 3.8) is 0 Å². The van der Waals surface area contributed by atoms with Crippen molar-refractivity contribution < 1.29 is 4.79 Å². The van der Waals surface area contributed by atoms with E-state index in [0.29, 0.717) is 6.54 Å². The second-order valence-corrected chi connectivity index (χ2v) is 5.98. The smallest absolute Gasteiger partial charge is 0.226 e. The van der Waals surface area contributed by atoms with E-state index in [4.69, 9.17) is 5.73 Å². The van der Waals surface area contributed by atoms with Crippen LogP contribution in [0.4, 0.5) is 0 Å². The van der Waals surface area contributed by atoms with Crippen LogP contribution in [-0.4, -0.2) is 22.9 Å². The Morgan fingerprint density at radius 2 is 2.00 bits per heavy atom. The van der Waals surface area contributed by atoms with Gasteiger partial charge in [0.15, 0.2) is 0 Å². The third-order valence-corrected chi connectivity index (χ3v) is 4.42. The van der Waals surface area contributed by atoms with Crippen LogP contribution in [0.25, 0.3) is 0 Å². The quantitative estimate of drug-likeness (QED) is 0.906. The largest absolute Gasteiger partial charge is 0.335 e. The average Bonchev–Trinajstić information content (AvgIpc) is 2.91. The summed E-state index contributed by atoms with van der Waals surface area (Å²) in [5.41, 5.74) is 7.15.